The summed E-state index contributed by atoms with van der Waals surface area (Å²) >= 11 is 0. The highest BCUT2D eigenvalue weighted by Gasteiger charge is 2.08. The number of aromatic nitrogens is 2. The van der Waals surface area contributed by atoms with Crippen molar-refractivity contribution in [3.05, 3.63) is 60.3 Å². The third kappa shape index (κ3) is 3.71. The maximum atomic E-state index is 11.5. The molecular weight excluding hydrogens is 314 g/mol. The van der Waals surface area contributed by atoms with E-state index < -0.39 is 0 Å². The Morgan fingerprint density at radius 2 is 1.60 bits per heavy atom. The molecule has 25 heavy (non-hydrogen) atoms. The van der Waals surface area contributed by atoms with Crippen molar-refractivity contribution in [2.24, 2.45) is 7.05 Å². The number of hydrogen-bond donors (Lipinski definition) is 1. The van der Waals surface area contributed by atoms with Crippen LogP contribution in [0, 0.1) is 0 Å². The Labute approximate surface area is 147 Å². The molecule has 0 aliphatic carbocycles. The van der Waals surface area contributed by atoms with Crippen LogP contribution in [0.5, 0.6) is 0 Å². The first-order valence-corrected chi connectivity index (χ1v) is 8.21. The number of benzene rings is 2. The summed E-state index contributed by atoms with van der Waals surface area (Å²) in [6, 6.07) is 16.1. The fraction of sp³-hybridized carbons (Fsp3) is 0.200. The molecule has 2 N–H and O–H groups in total. The van der Waals surface area contributed by atoms with Gasteiger partial charge < -0.3 is 10.5 Å². The number of nitrogens with zero attached hydrogens (tertiary/aromatic N) is 2. The molecule has 0 atom stereocenters. The highest BCUT2D eigenvalue weighted by atomic mass is 16.5. The second kappa shape index (κ2) is 7.21. The van der Waals surface area contributed by atoms with E-state index >= 15 is 0 Å². The molecular formula is C20H21N3O2. The van der Waals surface area contributed by atoms with E-state index in [-0.39, 0.29) is 5.97 Å². The smallest absolute Gasteiger partial charge is 0.310 e. The third-order valence-corrected chi connectivity index (χ3v) is 4.12. The minimum absolute atomic E-state index is 0.200. The van der Waals surface area contributed by atoms with Gasteiger partial charge in [0.2, 0.25) is 0 Å². The van der Waals surface area contributed by atoms with Crippen molar-refractivity contribution in [3.8, 4) is 22.3 Å². The van der Waals surface area contributed by atoms with E-state index in [4.69, 9.17) is 10.5 Å². The Morgan fingerprint density at radius 3 is 2.12 bits per heavy atom. The van der Waals surface area contributed by atoms with Gasteiger partial charge in [-0.15, -0.1) is 0 Å². The van der Waals surface area contributed by atoms with Crippen molar-refractivity contribution in [1.82, 2.24) is 9.78 Å². The number of hydrogen-bond acceptors (Lipinski definition) is 4. The molecule has 0 spiro atoms. The van der Waals surface area contributed by atoms with Gasteiger partial charge in [0.1, 0.15) is 5.82 Å². The molecule has 0 aliphatic rings. The lowest BCUT2D eigenvalue weighted by atomic mass is 10.00. The SMILES string of the molecule is CCOC(=O)Cc1ccc(-c2ccc(-c3cnn(C)c3N)cc2)cc1. The van der Waals surface area contributed by atoms with Crippen molar-refractivity contribution >= 4 is 11.8 Å². The predicted molar refractivity (Wildman–Crippen MR) is 98.8 cm³/mol. The lowest BCUT2D eigenvalue weighted by Crippen LogP contribution is -2.07. The molecule has 2 aromatic carbocycles. The van der Waals surface area contributed by atoms with Gasteiger partial charge in [-0.25, -0.2) is 0 Å². The van der Waals surface area contributed by atoms with Gasteiger partial charge in [0.25, 0.3) is 0 Å². The maximum Gasteiger partial charge on any atom is 0.310 e. The van der Waals surface area contributed by atoms with Gasteiger partial charge in [0.15, 0.2) is 0 Å². The summed E-state index contributed by atoms with van der Waals surface area (Å²) in [5, 5.41) is 4.17. The van der Waals surface area contributed by atoms with Crippen molar-refractivity contribution in [3.63, 3.8) is 0 Å². The normalized spacial score (nSPS) is 10.6. The van der Waals surface area contributed by atoms with Crippen molar-refractivity contribution in [2.75, 3.05) is 12.3 Å². The van der Waals surface area contributed by atoms with Crippen LogP contribution in [-0.4, -0.2) is 22.4 Å². The van der Waals surface area contributed by atoms with Gasteiger partial charge in [-0.3, -0.25) is 9.48 Å². The molecule has 0 bridgehead atoms. The number of esters is 1. The van der Waals surface area contributed by atoms with Crippen LogP contribution in [0.1, 0.15) is 12.5 Å². The summed E-state index contributed by atoms with van der Waals surface area (Å²) in [4.78, 5) is 11.5. The Bertz CT molecular complexity index is 865. The zero-order chi connectivity index (χ0) is 17.8. The van der Waals surface area contributed by atoms with E-state index in [2.05, 4.69) is 17.2 Å². The van der Waals surface area contributed by atoms with E-state index in [9.17, 15) is 4.79 Å². The molecule has 1 heterocycles. The number of nitrogen functional groups attached to an aromatic ring is 1. The van der Waals surface area contributed by atoms with E-state index in [0.717, 1.165) is 27.8 Å². The zero-order valence-corrected chi connectivity index (χ0v) is 14.4. The number of nitrogens with two attached hydrogens (primary N) is 1. The second-order valence-electron chi connectivity index (χ2n) is 5.82. The van der Waals surface area contributed by atoms with E-state index in [0.29, 0.717) is 18.8 Å². The highest BCUT2D eigenvalue weighted by molar-refractivity contribution is 5.76. The Balaban J connectivity index is 1.76. The van der Waals surface area contributed by atoms with E-state index in [1.165, 1.54) is 0 Å². The largest absolute Gasteiger partial charge is 0.466 e. The minimum Gasteiger partial charge on any atom is -0.466 e. The lowest BCUT2D eigenvalue weighted by Gasteiger charge is -2.06. The predicted octanol–water partition coefficient (Wildman–Crippen LogP) is 3.44. The van der Waals surface area contributed by atoms with Crippen molar-refractivity contribution in [1.29, 1.82) is 0 Å². The van der Waals surface area contributed by atoms with Crippen LogP contribution >= 0.6 is 0 Å². The topological polar surface area (TPSA) is 70.1 Å². The molecule has 1 aromatic heterocycles. The first kappa shape index (κ1) is 16.8. The lowest BCUT2D eigenvalue weighted by molar-refractivity contribution is -0.142. The molecule has 0 saturated heterocycles. The molecule has 0 saturated carbocycles. The first-order chi connectivity index (χ1) is 12.1. The standard InChI is InChI=1S/C20H21N3O2/c1-3-25-19(24)12-14-4-6-15(7-5-14)16-8-10-17(11-9-16)18-13-22-23(2)20(18)21/h4-11,13H,3,12,21H2,1-2H3. The van der Waals surface area contributed by atoms with Gasteiger partial charge in [0, 0.05) is 12.6 Å². The first-order valence-electron chi connectivity index (χ1n) is 8.21. The monoisotopic (exact) mass is 335 g/mol. The molecule has 3 rings (SSSR count). The number of carbonyl (C=O) groups is 1. The summed E-state index contributed by atoms with van der Waals surface area (Å²) in [7, 11) is 1.82. The van der Waals surface area contributed by atoms with Gasteiger partial charge in [-0.1, -0.05) is 48.5 Å². The summed E-state index contributed by atoms with van der Waals surface area (Å²) < 4.78 is 6.63. The van der Waals surface area contributed by atoms with Crippen LogP contribution in [0.4, 0.5) is 5.82 Å². The van der Waals surface area contributed by atoms with Crippen molar-refractivity contribution in [2.45, 2.75) is 13.3 Å². The van der Waals surface area contributed by atoms with Gasteiger partial charge in [0.05, 0.1) is 19.2 Å². The van der Waals surface area contributed by atoms with Crippen LogP contribution < -0.4 is 5.73 Å². The highest BCUT2D eigenvalue weighted by Crippen LogP contribution is 2.28. The fourth-order valence-electron chi connectivity index (χ4n) is 2.71. The number of ether oxygens (including phenoxy) is 1. The molecule has 3 aromatic rings. The van der Waals surface area contributed by atoms with Gasteiger partial charge in [-0.2, -0.15) is 5.10 Å². The number of rotatable bonds is 5. The number of aryl methyl sites for hydroxylation is 1. The van der Waals surface area contributed by atoms with Crippen LogP contribution in [0.25, 0.3) is 22.3 Å². The molecule has 0 radical (unpaired) electrons. The number of carbonyl (C=O) groups excluding carboxylic acids is 1. The van der Waals surface area contributed by atoms with Crippen LogP contribution in [0.15, 0.2) is 54.7 Å². The summed E-state index contributed by atoms with van der Waals surface area (Å²) in [6.07, 6.45) is 2.07. The van der Waals surface area contributed by atoms with Crippen LogP contribution in [-0.2, 0) is 23.0 Å². The summed E-state index contributed by atoms with van der Waals surface area (Å²) in [5.74, 6) is 0.449. The number of anilines is 1. The zero-order valence-electron chi connectivity index (χ0n) is 14.4. The van der Waals surface area contributed by atoms with Crippen LogP contribution in [0.2, 0.25) is 0 Å². The molecule has 0 fully saturated rings. The molecule has 5 nitrogen and oxygen atoms in total. The average Bonchev–Trinajstić information content (AvgIpc) is 2.95. The molecule has 5 heteroatoms. The quantitative estimate of drug-likeness (QED) is 0.725. The van der Waals surface area contributed by atoms with Gasteiger partial charge >= 0.3 is 5.97 Å². The third-order valence-electron chi connectivity index (χ3n) is 4.12. The molecule has 0 unspecified atom stereocenters. The summed E-state index contributed by atoms with van der Waals surface area (Å²) in [5.41, 5.74) is 11.1. The van der Waals surface area contributed by atoms with Crippen LogP contribution in [0.3, 0.4) is 0 Å². The Hall–Kier alpha value is -3.08. The fourth-order valence-corrected chi connectivity index (χ4v) is 2.71. The van der Waals surface area contributed by atoms with E-state index in [1.54, 1.807) is 10.9 Å². The molecule has 128 valence electrons. The van der Waals surface area contributed by atoms with Crippen molar-refractivity contribution < 1.29 is 9.53 Å². The maximum absolute atomic E-state index is 11.5. The Kier molecular flexibility index (Phi) is 4.84. The van der Waals surface area contributed by atoms with E-state index in [1.807, 2.05) is 50.4 Å². The average molecular weight is 335 g/mol. The molecule has 0 amide bonds. The van der Waals surface area contributed by atoms with Gasteiger partial charge in [-0.05, 0) is 29.2 Å². The Morgan fingerprint density at radius 1 is 1.04 bits per heavy atom. The minimum atomic E-state index is -0.200. The summed E-state index contributed by atoms with van der Waals surface area (Å²) in [6.45, 7) is 2.22. The molecule has 0 aliphatic heterocycles. The second-order valence-corrected chi connectivity index (χ2v) is 5.82.